The van der Waals surface area contributed by atoms with Crippen molar-refractivity contribution in [1.29, 1.82) is 0 Å². The monoisotopic (exact) mass is 633 g/mol. The normalized spacial score (nSPS) is 12.8. The summed E-state index contributed by atoms with van der Waals surface area (Å²) in [5.74, 6) is -0.933. The highest BCUT2D eigenvalue weighted by Crippen LogP contribution is 2.38. The Morgan fingerprint density at radius 2 is 1.68 bits per heavy atom. The molecule has 0 fully saturated rings. The maximum absolute atomic E-state index is 13.8. The lowest BCUT2D eigenvalue weighted by Gasteiger charge is -2.12. The lowest BCUT2D eigenvalue weighted by molar-refractivity contribution is 0.201. The maximum Gasteiger partial charge on any atom is 0.419 e. The van der Waals surface area contributed by atoms with Gasteiger partial charge in [-0.3, -0.25) is 0 Å². The number of amides is 1. The van der Waals surface area contributed by atoms with Gasteiger partial charge in [0.15, 0.2) is 15.1 Å². The van der Waals surface area contributed by atoms with Crippen LogP contribution in [0.15, 0.2) is 77.2 Å². The van der Waals surface area contributed by atoms with Crippen LogP contribution < -0.4 is 9.44 Å². The number of rotatable bonds is 10. The number of nitrogens with one attached hydrogen (secondary N) is 2. The summed E-state index contributed by atoms with van der Waals surface area (Å²) in [7, 11) is -8.46. The molecule has 1 unspecified atom stereocenters. The highest BCUT2D eigenvalue weighted by molar-refractivity contribution is 7.91. The fourth-order valence-electron chi connectivity index (χ4n) is 3.93. The highest BCUT2D eigenvalue weighted by atomic mass is 35.5. The van der Waals surface area contributed by atoms with Gasteiger partial charge < -0.3 is 9.52 Å². The number of fused-ring (bicyclic) bond motifs is 1. The summed E-state index contributed by atoms with van der Waals surface area (Å²) < 4.78 is 60.7. The molecular weight excluding hydrogens is 614 g/mol. The predicted molar refractivity (Wildman–Crippen MR) is 152 cm³/mol. The van der Waals surface area contributed by atoms with Crippen molar-refractivity contribution in [2.75, 3.05) is 0 Å². The van der Waals surface area contributed by atoms with Gasteiger partial charge in [-0.25, -0.2) is 22.9 Å². The molecular formula is C25H20ClN5O7S3. The number of sulfone groups is 1. The molecule has 16 heteroatoms. The first-order valence-electron chi connectivity index (χ1n) is 11.7. The topological polar surface area (TPSA) is 181 Å². The third-order valence-electron chi connectivity index (χ3n) is 5.72. The molecule has 0 aliphatic carbocycles. The number of carboxylic acid groups (broad SMARTS) is 1. The average Bonchev–Trinajstić information content (AvgIpc) is 3.54. The van der Waals surface area contributed by atoms with Crippen molar-refractivity contribution in [1.82, 2.24) is 24.6 Å². The van der Waals surface area contributed by atoms with E-state index in [4.69, 9.17) is 21.1 Å². The molecule has 0 aliphatic rings. The Kier molecular flexibility index (Phi) is 8.06. The highest BCUT2D eigenvalue weighted by Gasteiger charge is 2.37. The van der Waals surface area contributed by atoms with Gasteiger partial charge in [0.1, 0.15) is 5.01 Å². The van der Waals surface area contributed by atoms with Crippen LogP contribution >= 0.6 is 22.9 Å². The van der Waals surface area contributed by atoms with E-state index < -0.39 is 37.9 Å². The van der Waals surface area contributed by atoms with Crippen LogP contribution in [0.5, 0.6) is 0 Å². The van der Waals surface area contributed by atoms with E-state index in [1.807, 2.05) is 29.0 Å². The predicted octanol–water partition coefficient (Wildman–Crippen LogP) is 4.31. The second kappa shape index (κ2) is 11.5. The van der Waals surface area contributed by atoms with Crippen molar-refractivity contribution in [2.45, 2.75) is 17.5 Å². The zero-order chi connectivity index (χ0) is 29.2. The largest absolute Gasteiger partial charge is 0.464 e. The second-order valence-electron chi connectivity index (χ2n) is 8.68. The molecule has 212 valence electrons. The van der Waals surface area contributed by atoms with E-state index in [1.165, 1.54) is 4.72 Å². The number of hydrogen-bond donors (Lipinski definition) is 3. The summed E-state index contributed by atoms with van der Waals surface area (Å²) >= 11 is 7.16. The summed E-state index contributed by atoms with van der Waals surface area (Å²) in [6.45, 7) is -0.578. The summed E-state index contributed by atoms with van der Waals surface area (Å²) in [5.41, 5.74) is 2.90. The fraction of sp³-hybridized carbons (Fsp3) is 0.120. The molecule has 0 aliphatic heterocycles. The zero-order valence-electron chi connectivity index (χ0n) is 20.8. The minimum Gasteiger partial charge on any atom is -0.464 e. The van der Waals surface area contributed by atoms with Crippen molar-refractivity contribution in [3.05, 3.63) is 100 Å². The van der Waals surface area contributed by atoms with Gasteiger partial charge in [0.2, 0.25) is 11.8 Å². The minimum absolute atomic E-state index is 0.188. The Morgan fingerprint density at radius 3 is 2.39 bits per heavy atom. The van der Waals surface area contributed by atoms with Crippen LogP contribution in [0.2, 0.25) is 5.02 Å². The molecule has 0 saturated carbocycles. The number of aromatic nitrogens is 3. The lowest BCUT2D eigenvalue weighted by atomic mass is 10.1. The van der Waals surface area contributed by atoms with Gasteiger partial charge in [0, 0.05) is 5.02 Å². The number of thiazole rings is 1. The van der Waals surface area contributed by atoms with E-state index in [1.54, 1.807) is 48.5 Å². The van der Waals surface area contributed by atoms with E-state index in [2.05, 4.69) is 15.2 Å². The first-order chi connectivity index (χ1) is 19.5. The van der Waals surface area contributed by atoms with Crippen LogP contribution in [0.4, 0.5) is 4.79 Å². The fourth-order valence-corrected chi connectivity index (χ4v) is 7.82. The average molecular weight is 634 g/mol. The first-order valence-corrected chi connectivity index (χ1v) is 16.1. The Morgan fingerprint density at radius 1 is 0.976 bits per heavy atom. The van der Waals surface area contributed by atoms with E-state index in [0.717, 1.165) is 27.2 Å². The van der Waals surface area contributed by atoms with Gasteiger partial charge in [-0.05, 0) is 41.0 Å². The van der Waals surface area contributed by atoms with E-state index in [0.29, 0.717) is 16.1 Å². The number of benzene rings is 3. The number of nitrogens with zero attached hydrogens (tertiary/aromatic N) is 3. The summed E-state index contributed by atoms with van der Waals surface area (Å²) in [4.78, 5) is 15.2. The quantitative estimate of drug-likeness (QED) is 0.200. The van der Waals surface area contributed by atoms with Crippen LogP contribution in [0.1, 0.15) is 27.6 Å². The maximum atomic E-state index is 13.8. The van der Waals surface area contributed by atoms with E-state index >= 15 is 0 Å². The van der Waals surface area contributed by atoms with Crippen molar-refractivity contribution in [2.24, 2.45) is 0 Å². The number of hydrogen-bond acceptors (Lipinski definition) is 10. The zero-order valence-corrected chi connectivity index (χ0v) is 24.0. The molecule has 3 aromatic carbocycles. The molecule has 12 nitrogen and oxygen atoms in total. The third kappa shape index (κ3) is 6.89. The van der Waals surface area contributed by atoms with Gasteiger partial charge in [0.25, 0.3) is 0 Å². The molecule has 0 saturated heterocycles. The molecule has 41 heavy (non-hydrogen) atoms. The van der Waals surface area contributed by atoms with Crippen LogP contribution in [0, 0.1) is 0 Å². The van der Waals surface area contributed by atoms with Gasteiger partial charge in [-0.1, -0.05) is 60.1 Å². The van der Waals surface area contributed by atoms with Crippen LogP contribution in [0.25, 0.3) is 21.3 Å². The van der Waals surface area contributed by atoms with Gasteiger partial charge in [0.05, 0.1) is 22.5 Å². The van der Waals surface area contributed by atoms with Crippen molar-refractivity contribution < 1.29 is 31.2 Å². The summed E-state index contributed by atoms with van der Waals surface area (Å²) in [6.07, 6.45) is -1.79. The van der Waals surface area contributed by atoms with Crippen molar-refractivity contribution >= 4 is 59.3 Å². The Bertz CT molecular complexity index is 1930. The molecule has 0 radical (unpaired) electrons. The molecule has 2 heterocycles. The smallest absolute Gasteiger partial charge is 0.419 e. The Hall–Kier alpha value is -3.89. The SMILES string of the molecule is O=C(O)NS(=O)(=O)NCc1nnc(C(c2nc3ccc(-c4ccc(Cl)cc4)cc3s2)S(=O)(=O)Cc2ccccc2)o1. The van der Waals surface area contributed by atoms with Crippen LogP contribution in [-0.2, 0) is 32.3 Å². The van der Waals surface area contributed by atoms with Gasteiger partial charge in [-0.15, -0.1) is 21.5 Å². The molecule has 0 bridgehead atoms. The standard InChI is InChI=1S/C25H20ClN5O7S3/c26-18-9-6-16(7-10-18)17-8-11-19-20(12-17)39-24(28-19)22(40(34,35)14-15-4-2-1-3-5-15)23-30-29-21(38-23)13-27-41(36,37)31-25(32)33/h1-12,22,27,31H,13-14H2,(H,32,33). The molecule has 0 spiro atoms. The molecule has 5 rings (SSSR count). The number of halogens is 1. The Balaban J connectivity index is 1.51. The van der Waals surface area contributed by atoms with Gasteiger partial charge in [-0.2, -0.15) is 13.1 Å². The van der Waals surface area contributed by atoms with Crippen molar-refractivity contribution in [3.63, 3.8) is 0 Å². The van der Waals surface area contributed by atoms with E-state index in [-0.39, 0.29) is 22.5 Å². The minimum atomic E-state index is -4.42. The van der Waals surface area contributed by atoms with Gasteiger partial charge >= 0.3 is 16.3 Å². The number of carbonyl (C=O) groups is 1. The van der Waals surface area contributed by atoms with E-state index in [9.17, 15) is 21.6 Å². The molecule has 2 aromatic heterocycles. The lowest BCUT2D eigenvalue weighted by Crippen LogP contribution is -2.39. The molecule has 1 atom stereocenters. The second-order valence-corrected chi connectivity index (χ2v) is 13.8. The van der Waals surface area contributed by atoms with Crippen molar-refractivity contribution in [3.8, 4) is 11.1 Å². The summed E-state index contributed by atoms with van der Waals surface area (Å²) in [5, 5.41) is 15.6. The molecule has 1 amide bonds. The molecule has 5 aromatic rings. The Labute approximate surface area is 243 Å². The molecule has 3 N–H and O–H groups in total. The summed E-state index contributed by atoms with van der Waals surface area (Å²) in [6, 6.07) is 21.4. The van der Waals surface area contributed by atoms with Crippen LogP contribution in [-0.4, -0.2) is 43.2 Å². The third-order valence-corrected chi connectivity index (χ3v) is 10.0. The van der Waals surface area contributed by atoms with Crippen LogP contribution in [0.3, 0.4) is 0 Å². The first kappa shape index (κ1) is 28.6.